The van der Waals surface area contributed by atoms with Crippen molar-refractivity contribution in [3.63, 3.8) is 0 Å². The molecule has 20 nitrogen and oxygen atoms in total. The minimum Gasteiger partial charge on any atom is -0.481 e. The average Bonchev–Trinajstić information content (AvgIpc) is 1.64. The van der Waals surface area contributed by atoms with Crippen LogP contribution in [-0.2, 0) is 55.1 Å². The number of carbonyl (C=O) groups is 3. The van der Waals surface area contributed by atoms with Crippen LogP contribution < -0.4 is 25.4 Å². The molecule has 0 spiro atoms. The molecule has 0 bridgehead atoms. The van der Waals surface area contributed by atoms with Crippen LogP contribution >= 0.6 is 55.1 Å². The standard InChI is InChI=1S/C24H22ClF3N4O3S.C22H15ClF3N3O4S.C16H9BrF3NO3S.C9H6BrNO/c1-3-29-13-15-14-32(36(33,34)18-6-4-5-16(11-18)24(26,27)28)21-12-17(7-8-19(15)21)30-20-9-10-22(35-2)31-23(20)25;1-33-20-8-7-18(21(23)28-20)27-15-5-6-17-13(12-30)11-29(19(17)10-15)34(31,32)16-4-2-3-14(9-16)22(24,25)26;17-12-4-5-14-10(9-22)8-21(15(14)7-12)25(23,24)13-3-1-2-11(6-13)16(18,19)20;10-7-1-2-8-6(5-12)4-11-9(8)3-7/h4-12,14,29-30H,3,13H2,1-2H3;2-12,27H,1H3;1-9H;1-5,11H. The van der Waals surface area contributed by atoms with Crippen molar-refractivity contribution in [1.82, 2.24) is 32.2 Å². The van der Waals surface area contributed by atoms with Crippen LogP contribution in [0.25, 0.3) is 43.6 Å². The number of methoxy groups -OCH3 is 2. The number of alkyl halides is 9. The molecule has 0 unspecified atom stereocenters. The second kappa shape index (κ2) is 32.2. The summed E-state index contributed by atoms with van der Waals surface area (Å²) in [6.45, 7) is 2.93. The summed E-state index contributed by atoms with van der Waals surface area (Å²) in [5.41, 5.74) is 1.66. The van der Waals surface area contributed by atoms with Gasteiger partial charge in [0.15, 0.2) is 29.2 Å². The Hall–Kier alpha value is -10.1. The van der Waals surface area contributed by atoms with E-state index in [2.05, 4.69) is 62.8 Å². The van der Waals surface area contributed by atoms with Gasteiger partial charge in [-0.05, 0) is 127 Å². The first-order valence-electron chi connectivity index (χ1n) is 30.7. The Morgan fingerprint density at radius 1 is 0.477 bits per heavy atom. The molecule has 36 heteroatoms. The zero-order chi connectivity index (χ0) is 77.7. The van der Waals surface area contributed by atoms with E-state index in [4.69, 9.17) is 32.7 Å². The number of anilines is 4. The summed E-state index contributed by atoms with van der Waals surface area (Å²) in [4.78, 5) is 42.9. The number of halogens is 13. The van der Waals surface area contributed by atoms with E-state index in [0.717, 1.165) is 101 Å². The lowest BCUT2D eigenvalue weighted by atomic mass is 10.1. The molecule has 13 aromatic rings. The molecule has 0 aliphatic carbocycles. The van der Waals surface area contributed by atoms with Crippen molar-refractivity contribution < 1.29 is 88.6 Å². The van der Waals surface area contributed by atoms with Crippen LogP contribution in [0.15, 0.2) is 218 Å². The minimum absolute atomic E-state index is 0.0567. The van der Waals surface area contributed by atoms with Gasteiger partial charge in [0.2, 0.25) is 11.8 Å². The van der Waals surface area contributed by atoms with E-state index in [1.807, 2.05) is 25.1 Å². The van der Waals surface area contributed by atoms with E-state index in [0.29, 0.717) is 116 Å². The summed E-state index contributed by atoms with van der Waals surface area (Å²) < 4.78 is 211. The van der Waals surface area contributed by atoms with E-state index in [-0.39, 0.29) is 32.5 Å². The van der Waals surface area contributed by atoms with Gasteiger partial charge in [-0.15, -0.1) is 0 Å². The Balaban J connectivity index is 0.000000161. The molecule has 13 rings (SSSR count). The van der Waals surface area contributed by atoms with Crippen LogP contribution in [0.2, 0.25) is 10.3 Å². The number of ether oxygens (including phenoxy) is 2. The molecular formula is C71H52Br2Cl2F9N9O11S3. The van der Waals surface area contributed by atoms with Gasteiger partial charge in [0, 0.05) is 108 Å². The van der Waals surface area contributed by atoms with Crippen LogP contribution in [0.4, 0.5) is 62.3 Å². The second-order valence-electron chi connectivity index (χ2n) is 22.6. The summed E-state index contributed by atoms with van der Waals surface area (Å²) in [6, 6.07) is 37.1. The first-order valence-corrected chi connectivity index (χ1v) is 37.4. The molecule has 556 valence electrons. The maximum absolute atomic E-state index is 13.5. The summed E-state index contributed by atoms with van der Waals surface area (Å²) >= 11 is 18.9. The van der Waals surface area contributed by atoms with E-state index >= 15 is 0 Å². The van der Waals surface area contributed by atoms with Gasteiger partial charge in [-0.2, -0.15) is 49.5 Å². The number of H-pyrrole nitrogens is 1. The summed E-state index contributed by atoms with van der Waals surface area (Å²) in [5, 5.41) is 11.8. The highest BCUT2D eigenvalue weighted by Crippen LogP contribution is 2.39. The molecule has 0 atom stereocenters. The van der Waals surface area contributed by atoms with E-state index in [1.165, 1.54) is 38.6 Å². The van der Waals surface area contributed by atoms with Crippen molar-refractivity contribution in [2.45, 2.75) is 46.7 Å². The number of rotatable bonds is 18. The molecule has 0 aliphatic heterocycles. The number of benzene rings is 7. The third-order valence-corrected chi connectivity index (χ3v) is 22.4. The number of fused-ring (bicyclic) bond motifs is 4. The molecule has 7 aromatic carbocycles. The topological polar surface area (TPSA) is 265 Å². The average molecular weight is 1710 g/mol. The quantitative estimate of drug-likeness (QED) is 0.0353. The highest BCUT2D eigenvalue weighted by Gasteiger charge is 2.35. The van der Waals surface area contributed by atoms with Gasteiger partial charge in [0.05, 0.1) is 73.5 Å². The molecular weight excluding hydrogens is 1650 g/mol. The Kier molecular flexibility index (Phi) is 23.9. The summed E-state index contributed by atoms with van der Waals surface area (Å²) in [7, 11) is -10.2. The van der Waals surface area contributed by atoms with Gasteiger partial charge in [-0.25, -0.2) is 37.2 Å². The molecule has 0 fully saturated rings. The van der Waals surface area contributed by atoms with Gasteiger partial charge >= 0.3 is 18.5 Å². The van der Waals surface area contributed by atoms with E-state index in [9.17, 15) is 79.2 Å². The second-order valence-corrected chi connectivity index (χ2v) is 30.6. The number of aldehydes is 3. The molecule has 0 saturated carbocycles. The molecule has 0 amide bonds. The zero-order valence-corrected chi connectivity index (χ0v) is 62.1. The van der Waals surface area contributed by atoms with Crippen molar-refractivity contribution in [2.75, 3.05) is 31.4 Å². The monoisotopic (exact) mass is 1700 g/mol. The Bertz CT molecular complexity index is 5940. The molecule has 0 aliphatic rings. The minimum atomic E-state index is -4.72. The third kappa shape index (κ3) is 17.7. The highest BCUT2D eigenvalue weighted by molar-refractivity contribution is 9.10. The first kappa shape index (κ1) is 79.5. The first-order chi connectivity index (χ1) is 50.5. The van der Waals surface area contributed by atoms with Gasteiger partial charge in [0.25, 0.3) is 30.1 Å². The molecule has 0 saturated heterocycles. The number of carbonyl (C=O) groups excluding carboxylic acids is 3. The maximum Gasteiger partial charge on any atom is 0.416 e. The lowest BCUT2D eigenvalue weighted by molar-refractivity contribution is -0.138. The van der Waals surface area contributed by atoms with E-state index < -0.39 is 80.0 Å². The smallest absolute Gasteiger partial charge is 0.416 e. The maximum atomic E-state index is 13.5. The predicted molar refractivity (Wildman–Crippen MR) is 393 cm³/mol. The highest BCUT2D eigenvalue weighted by atomic mass is 79.9. The van der Waals surface area contributed by atoms with Crippen molar-refractivity contribution >= 4 is 170 Å². The SMILES string of the molecule is CCNCc1cn(S(=O)(=O)c2cccc(C(F)(F)F)c2)c2cc(Nc3ccc(OC)nc3Cl)ccc12.COc1ccc(Nc2ccc3c(C=O)cn(S(=O)(=O)c4cccc(C(F)(F)F)c4)c3c2)c(Cl)n1.O=Cc1c[nH]c2cc(Br)ccc12.O=Cc1cn(S(=O)(=O)c2cccc(C(F)(F)F)c2)c2cc(Br)ccc12. The number of pyridine rings is 2. The largest absolute Gasteiger partial charge is 0.481 e. The predicted octanol–water partition coefficient (Wildman–Crippen LogP) is 18.5. The third-order valence-electron chi connectivity index (χ3n) is 15.8. The fourth-order valence-electron chi connectivity index (χ4n) is 10.6. The van der Waals surface area contributed by atoms with Gasteiger partial charge in [-0.1, -0.05) is 104 Å². The van der Waals surface area contributed by atoms with Crippen LogP contribution in [0.3, 0.4) is 0 Å². The molecule has 0 radical (unpaired) electrons. The summed E-state index contributed by atoms with van der Waals surface area (Å²) in [5.74, 6) is 0.623. The Labute approximate surface area is 629 Å². The van der Waals surface area contributed by atoms with Gasteiger partial charge in [-0.3, -0.25) is 14.4 Å². The molecule has 107 heavy (non-hydrogen) atoms. The lowest BCUT2D eigenvalue weighted by Crippen LogP contribution is -2.14. The summed E-state index contributed by atoms with van der Waals surface area (Å²) in [6.07, 6.45) is -6.94. The Morgan fingerprint density at radius 2 is 0.860 bits per heavy atom. The zero-order valence-electron chi connectivity index (χ0n) is 55.0. The van der Waals surface area contributed by atoms with Crippen molar-refractivity contribution in [1.29, 1.82) is 0 Å². The number of nitrogens with one attached hydrogen (secondary N) is 4. The van der Waals surface area contributed by atoms with Crippen LogP contribution in [-0.4, -0.2) is 91.7 Å². The number of aromatic amines is 1. The molecule has 6 aromatic heterocycles. The fourth-order valence-corrected chi connectivity index (χ4v) is 16.0. The van der Waals surface area contributed by atoms with Gasteiger partial charge < -0.3 is 30.4 Å². The number of nitrogens with zero attached hydrogens (tertiary/aromatic N) is 5. The number of hydrogen-bond acceptors (Lipinski definition) is 16. The van der Waals surface area contributed by atoms with Crippen molar-refractivity contribution in [3.05, 3.63) is 253 Å². The Morgan fingerprint density at radius 3 is 1.26 bits per heavy atom. The van der Waals surface area contributed by atoms with Crippen molar-refractivity contribution in [2.24, 2.45) is 0 Å². The number of aromatic nitrogens is 6. The number of hydrogen-bond donors (Lipinski definition) is 4. The molecule has 4 N–H and O–H groups in total. The normalized spacial score (nSPS) is 12.0. The lowest BCUT2D eigenvalue weighted by Gasteiger charge is -2.12. The molecule has 6 heterocycles. The van der Waals surface area contributed by atoms with Crippen LogP contribution in [0.5, 0.6) is 11.8 Å². The van der Waals surface area contributed by atoms with E-state index in [1.54, 1.807) is 66.9 Å². The fraction of sp³-hybridized carbons (Fsp3) is 0.113. The van der Waals surface area contributed by atoms with Crippen molar-refractivity contribution in [3.8, 4) is 11.8 Å². The van der Waals surface area contributed by atoms with Crippen LogP contribution in [0.1, 0.15) is 60.3 Å². The van der Waals surface area contributed by atoms with Crippen LogP contribution in [0, 0.1) is 0 Å². The van der Waals surface area contributed by atoms with Gasteiger partial charge in [0.1, 0.15) is 0 Å².